The Hall–Kier alpha value is -3.32. The Balaban J connectivity index is 1.62. The minimum absolute atomic E-state index is 0.0964. The number of nitrogens with zero attached hydrogens (tertiary/aromatic N) is 2. The molecule has 0 aliphatic heterocycles. The second-order valence-electron chi connectivity index (χ2n) is 6.70. The van der Waals surface area contributed by atoms with Crippen LogP contribution in [-0.4, -0.2) is 28.3 Å². The van der Waals surface area contributed by atoms with Crippen LogP contribution in [-0.2, 0) is 11.3 Å². The molecule has 0 atom stereocenters. The van der Waals surface area contributed by atoms with Crippen LogP contribution in [0.3, 0.4) is 0 Å². The summed E-state index contributed by atoms with van der Waals surface area (Å²) in [5.41, 5.74) is 1.15. The summed E-state index contributed by atoms with van der Waals surface area (Å²) in [6.45, 7) is 2.37. The zero-order chi connectivity index (χ0) is 21.1. The van der Waals surface area contributed by atoms with E-state index in [0.29, 0.717) is 34.0 Å². The van der Waals surface area contributed by atoms with Gasteiger partial charge < -0.3 is 10.1 Å². The van der Waals surface area contributed by atoms with Crippen LogP contribution in [0, 0.1) is 0 Å². The second-order valence-corrected chi connectivity index (χ2v) is 7.64. The van der Waals surface area contributed by atoms with Crippen LogP contribution in [0.2, 0.25) is 0 Å². The second kappa shape index (κ2) is 8.59. The summed E-state index contributed by atoms with van der Waals surface area (Å²) in [6, 6.07) is 18.9. The average Bonchev–Trinajstić information content (AvgIpc) is 2.77. The van der Waals surface area contributed by atoms with E-state index in [1.807, 2.05) is 55.5 Å². The molecule has 0 aliphatic rings. The zero-order valence-electron chi connectivity index (χ0n) is 16.7. The third kappa shape index (κ3) is 3.89. The van der Waals surface area contributed by atoms with Crippen LogP contribution in [0.25, 0.3) is 21.7 Å². The van der Waals surface area contributed by atoms with E-state index in [9.17, 15) is 9.59 Å². The number of benzene rings is 3. The fourth-order valence-electron chi connectivity index (χ4n) is 3.34. The molecule has 0 saturated carbocycles. The third-order valence-electron chi connectivity index (χ3n) is 4.82. The number of anilines is 1. The predicted molar refractivity (Wildman–Crippen MR) is 122 cm³/mol. The van der Waals surface area contributed by atoms with E-state index in [0.717, 1.165) is 10.8 Å². The van der Waals surface area contributed by atoms with E-state index in [4.69, 9.17) is 9.72 Å². The zero-order valence-corrected chi connectivity index (χ0v) is 17.5. The number of amides is 1. The van der Waals surface area contributed by atoms with E-state index in [1.54, 1.807) is 23.8 Å². The molecule has 3 aromatic carbocycles. The lowest BCUT2D eigenvalue weighted by atomic mass is 10.1. The van der Waals surface area contributed by atoms with E-state index < -0.39 is 0 Å². The highest BCUT2D eigenvalue weighted by Gasteiger charge is 2.14. The molecule has 1 aromatic heterocycles. The van der Waals surface area contributed by atoms with Gasteiger partial charge in [0, 0.05) is 6.54 Å². The SMILES string of the molecule is CCn1c(SCC(=O)Nc2ccccc2OC)nc2cc3ccccc3cc2c1=O. The molecule has 7 heteroatoms. The van der Waals surface area contributed by atoms with Crippen molar-refractivity contribution >= 4 is 45.0 Å². The molecule has 1 amide bonds. The van der Waals surface area contributed by atoms with Crippen molar-refractivity contribution in [2.24, 2.45) is 0 Å². The van der Waals surface area contributed by atoms with Gasteiger partial charge in [-0.2, -0.15) is 0 Å². The molecule has 0 spiro atoms. The molecule has 0 unspecified atom stereocenters. The molecular weight excluding hydrogens is 398 g/mol. The third-order valence-corrected chi connectivity index (χ3v) is 5.79. The fourth-order valence-corrected chi connectivity index (χ4v) is 4.20. The van der Waals surface area contributed by atoms with Crippen LogP contribution < -0.4 is 15.6 Å². The van der Waals surface area contributed by atoms with Crippen LogP contribution in [0.4, 0.5) is 5.69 Å². The van der Waals surface area contributed by atoms with Gasteiger partial charge in [-0.1, -0.05) is 48.2 Å². The number of nitrogens with one attached hydrogen (secondary N) is 1. The van der Waals surface area contributed by atoms with E-state index in [1.165, 1.54) is 11.8 Å². The molecule has 4 rings (SSSR count). The molecule has 1 N–H and O–H groups in total. The van der Waals surface area contributed by atoms with Gasteiger partial charge in [0.1, 0.15) is 5.75 Å². The number of ether oxygens (including phenoxy) is 1. The molecule has 4 aromatic rings. The highest BCUT2D eigenvalue weighted by atomic mass is 32.2. The average molecular weight is 420 g/mol. The summed E-state index contributed by atoms with van der Waals surface area (Å²) in [4.78, 5) is 30.2. The lowest BCUT2D eigenvalue weighted by Crippen LogP contribution is -2.23. The number of rotatable bonds is 6. The molecule has 1 heterocycles. The number of thioether (sulfide) groups is 1. The van der Waals surface area contributed by atoms with Crippen molar-refractivity contribution in [3.05, 3.63) is 71.0 Å². The maximum absolute atomic E-state index is 13.0. The first kappa shape index (κ1) is 20.0. The van der Waals surface area contributed by atoms with Gasteiger partial charge in [-0.15, -0.1) is 0 Å². The standard InChI is InChI=1S/C23H21N3O3S/c1-3-26-22(28)17-12-15-8-4-5-9-16(15)13-19(17)25-23(26)30-14-21(27)24-18-10-6-7-11-20(18)29-2/h4-13H,3,14H2,1-2H3,(H,24,27). The normalized spacial score (nSPS) is 11.0. The number of hydrogen-bond donors (Lipinski definition) is 1. The highest BCUT2D eigenvalue weighted by Crippen LogP contribution is 2.25. The van der Waals surface area contributed by atoms with Gasteiger partial charge in [0.15, 0.2) is 5.16 Å². The molecule has 0 aliphatic carbocycles. The Morgan fingerprint density at radius 2 is 1.80 bits per heavy atom. The number of carbonyl (C=O) groups excluding carboxylic acids is 1. The summed E-state index contributed by atoms with van der Waals surface area (Å²) in [6.07, 6.45) is 0. The Kier molecular flexibility index (Phi) is 5.72. The van der Waals surface area contributed by atoms with Crippen molar-refractivity contribution in [2.75, 3.05) is 18.2 Å². The lowest BCUT2D eigenvalue weighted by Gasteiger charge is -2.13. The van der Waals surface area contributed by atoms with Crippen molar-refractivity contribution in [3.8, 4) is 5.75 Å². The quantitative estimate of drug-likeness (QED) is 0.286. The minimum Gasteiger partial charge on any atom is -0.495 e. The fraction of sp³-hybridized carbons (Fsp3) is 0.174. The highest BCUT2D eigenvalue weighted by molar-refractivity contribution is 7.99. The molecule has 0 fully saturated rings. The van der Waals surface area contributed by atoms with Crippen molar-refractivity contribution in [1.29, 1.82) is 0 Å². The molecule has 0 bridgehead atoms. The molecule has 0 saturated heterocycles. The van der Waals surface area contributed by atoms with Crippen molar-refractivity contribution in [1.82, 2.24) is 9.55 Å². The van der Waals surface area contributed by atoms with Gasteiger partial charge >= 0.3 is 0 Å². The summed E-state index contributed by atoms with van der Waals surface area (Å²) < 4.78 is 6.87. The maximum Gasteiger partial charge on any atom is 0.262 e. The van der Waals surface area contributed by atoms with E-state index in [-0.39, 0.29) is 17.2 Å². The number of methoxy groups -OCH3 is 1. The van der Waals surface area contributed by atoms with Crippen molar-refractivity contribution < 1.29 is 9.53 Å². The molecule has 30 heavy (non-hydrogen) atoms. The van der Waals surface area contributed by atoms with Gasteiger partial charge in [-0.05, 0) is 42.0 Å². The van der Waals surface area contributed by atoms with Crippen molar-refractivity contribution in [2.45, 2.75) is 18.6 Å². The van der Waals surface area contributed by atoms with Crippen LogP contribution in [0.1, 0.15) is 6.92 Å². The van der Waals surface area contributed by atoms with Crippen molar-refractivity contribution in [3.63, 3.8) is 0 Å². The monoisotopic (exact) mass is 419 g/mol. The smallest absolute Gasteiger partial charge is 0.262 e. The number of aromatic nitrogens is 2. The van der Waals surface area contributed by atoms with Gasteiger partial charge in [-0.3, -0.25) is 14.2 Å². The maximum atomic E-state index is 13.0. The summed E-state index contributed by atoms with van der Waals surface area (Å²) in [7, 11) is 1.56. The Morgan fingerprint density at radius 3 is 2.53 bits per heavy atom. The van der Waals surface area contributed by atoms with Crippen LogP contribution in [0.5, 0.6) is 5.75 Å². The summed E-state index contributed by atoms with van der Waals surface area (Å²) in [5.74, 6) is 0.529. The van der Waals surface area contributed by atoms with Crippen LogP contribution >= 0.6 is 11.8 Å². The van der Waals surface area contributed by atoms with Gasteiger partial charge in [-0.25, -0.2) is 4.98 Å². The number of fused-ring (bicyclic) bond motifs is 2. The summed E-state index contributed by atoms with van der Waals surface area (Å²) >= 11 is 1.25. The number of carbonyl (C=O) groups is 1. The molecule has 6 nitrogen and oxygen atoms in total. The number of para-hydroxylation sites is 2. The van der Waals surface area contributed by atoms with Gasteiger partial charge in [0.05, 0.1) is 29.5 Å². The Morgan fingerprint density at radius 1 is 1.10 bits per heavy atom. The molecule has 0 radical (unpaired) electrons. The first-order valence-electron chi connectivity index (χ1n) is 9.59. The molecular formula is C23H21N3O3S. The van der Waals surface area contributed by atoms with Gasteiger partial charge in [0.2, 0.25) is 5.91 Å². The topological polar surface area (TPSA) is 73.2 Å². The first-order valence-corrected chi connectivity index (χ1v) is 10.6. The predicted octanol–water partition coefficient (Wildman–Crippen LogP) is 4.31. The van der Waals surface area contributed by atoms with E-state index >= 15 is 0 Å². The van der Waals surface area contributed by atoms with Gasteiger partial charge in [0.25, 0.3) is 5.56 Å². The summed E-state index contributed by atoms with van der Waals surface area (Å²) in [5, 5.41) is 5.98. The number of hydrogen-bond acceptors (Lipinski definition) is 5. The Bertz CT molecular complexity index is 1300. The first-order chi connectivity index (χ1) is 14.6. The van der Waals surface area contributed by atoms with Crippen LogP contribution in [0.15, 0.2) is 70.6 Å². The van der Waals surface area contributed by atoms with E-state index in [2.05, 4.69) is 5.32 Å². The Labute approximate surface area is 177 Å². The molecule has 152 valence electrons. The lowest BCUT2D eigenvalue weighted by molar-refractivity contribution is -0.113. The largest absolute Gasteiger partial charge is 0.495 e. The minimum atomic E-state index is -0.194.